The van der Waals surface area contributed by atoms with Crippen LogP contribution in [0.1, 0.15) is 16.7 Å². The zero-order valence-corrected chi connectivity index (χ0v) is 16.4. The van der Waals surface area contributed by atoms with Crippen molar-refractivity contribution in [1.82, 2.24) is 10.2 Å². The van der Waals surface area contributed by atoms with Gasteiger partial charge in [-0.1, -0.05) is 29.8 Å². The van der Waals surface area contributed by atoms with E-state index in [1.807, 2.05) is 31.2 Å². The van der Waals surface area contributed by atoms with E-state index in [1.54, 1.807) is 18.2 Å². The molecule has 0 bridgehead atoms. The van der Waals surface area contributed by atoms with Gasteiger partial charge in [0.25, 0.3) is 5.91 Å². The molecular formula is C18H14Br2N2O3. The lowest BCUT2D eigenvalue weighted by molar-refractivity contribution is -0.123. The number of aromatic hydroxyl groups is 1. The SMILES string of the molecule is Cc1ccc(CN2C(=O)N/C(=C/c3cc(Br)c(O)c(Br)c3)C2=O)cc1. The van der Waals surface area contributed by atoms with Crippen LogP contribution in [-0.2, 0) is 11.3 Å². The van der Waals surface area contributed by atoms with Gasteiger partial charge in [-0.3, -0.25) is 9.69 Å². The first-order valence-electron chi connectivity index (χ1n) is 7.43. The predicted molar refractivity (Wildman–Crippen MR) is 102 cm³/mol. The summed E-state index contributed by atoms with van der Waals surface area (Å²) >= 11 is 6.49. The molecule has 2 aromatic rings. The van der Waals surface area contributed by atoms with Gasteiger partial charge in [0.05, 0.1) is 15.5 Å². The lowest BCUT2D eigenvalue weighted by Gasteiger charge is -2.11. The molecule has 1 aliphatic rings. The highest BCUT2D eigenvalue weighted by Crippen LogP contribution is 2.34. The second-order valence-electron chi connectivity index (χ2n) is 5.70. The number of benzene rings is 2. The number of rotatable bonds is 3. The molecule has 1 saturated heterocycles. The highest BCUT2D eigenvalue weighted by molar-refractivity contribution is 9.11. The molecule has 0 atom stereocenters. The molecule has 128 valence electrons. The van der Waals surface area contributed by atoms with Crippen LogP contribution in [0.4, 0.5) is 4.79 Å². The Morgan fingerprint density at radius 3 is 2.32 bits per heavy atom. The maximum absolute atomic E-state index is 12.5. The van der Waals surface area contributed by atoms with Crippen LogP contribution in [0.15, 0.2) is 51.0 Å². The molecule has 0 aliphatic carbocycles. The molecule has 0 unspecified atom stereocenters. The van der Waals surface area contributed by atoms with E-state index >= 15 is 0 Å². The average molecular weight is 466 g/mol. The van der Waals surface area contributed by atoms with Gasteiger partial charge in [0.2, 0.25) is 0 Å². The van der Waals surface area contributed by atoms with Gasteiger partial charge in [-0.2, -0.15) is 0 Å². The topological polar surface area (TPSA) is 69.6 Å². The van der Waals surface area contributed by atoms with Gasteiger partial charge in [0.1, 0.15) is 11.4 Å². The minimum atomic E-state index is -0.450. The maximum atomic E-state index is 12.5. The van der Waals surface area contributed by atoms with Gasteiger partial charge in [-0.05, 0) is 68.1 Å². The van der Waals surface area contributed by atoms with Crippen molar-refractivity contribution in [2.24, 2.45) is 0 Å². The Morgan fingerprint density at radius 2 is 1.72 bits per heavy atom. The number of phenols is 1. The van der Waals surface area contributed by atoms with Crippen molar-refractivity contribution in [3.05, 3.63) is 67.7 Å². The summed E-state index contributed by atoms with van der Waals surface area (Å²) in [5.74, 6) is -0.309. The van der Waals surface area contributed by atoms with Crippen LogP contribution in [0.25, 0.3) is 6.08 Å². The fourth-order valence-electron chi connectivity index (χ4n) is 2.43. The molecule has 7 heteroatoms. The number of halogens is 2. The van der Waals surface area contributed by atoms with Crippen molar-refractivity contribution in [3.63, 3.8) is 0 Å². The van der Waals surface area contributed by atoms with Gasteiger partial charge in [-0.15, -0.1) is 0 Å². The molecule has 0 spiro atoms. The number of hydrogen-bond donors (Lipinski definition) is 2. The number of carbonyl (C=O) groups is 2. The highest BCUT2D eigenvalue weighted by atomic mass is 79.9. The zero-order valence-electron chi connectivity index (χ0n) is 13.2. The monoisotopic (exact) mass is 464 g/mol. The van der Waals surface area contributed by atoms with Crippen molar-refractivity contribution in [3.8, 4) is 5.75 Å². The van der Waals surface area contributed by atoms with Gasteiger partial charge in [0, 0.05) is 0 Å². The van der Waals surface area contributed by atoms with Crippen molar-refractivity contribution in [2.75, 3.05) is 0 Å². The van der Waals surface area contributed by atoms with Crippen LogP contribution in [0.5, 0.6) is 5.75 Å². The second-order valence-corrected chi connectivity index (χ2v) is 7.41. The normalized spacial score (nSPS) is 15.8. The average Bonchev–Trinajstić information content (AvgIpc) is 2.82. The van der Waals surface area contributed by atoms with E-state index in [-0.39, 0.29) is 23.9 Å². The maximum Gasteiger partial charge on any atom is 0.329 e. The smallest absolute Gasteiger partial charge is 0.329 e. The largest absolute Gasteiger partial charge is 0.506 e. The Balaban J connectivity index is 1.84. The first kappa shape index (κ1) is 17.7. The van der Waals surface area contributed by atoms with Crippen molar-refractivity contribution >= 4 is 49.9 Å². The van der Waals surface area contributed by atoms with Crippen molar-refractivity contribution in [2.45, 2.75) is 13.5 Å². The molecule has 1 heterocycles. The molecule has 3 amide bonds. The zero-order chi connectivity index (χ0) is 18.1. The Kier molecular flexibility index (Phi) is 4.96. The van der Waals surface area contributed by atoms with E-state index in [2.05, 4.69) is 37.2 Å². The summed E-state index contributed by atoms with van der Waals surface area (Å²) in [6, 6.07) is 10.5. The number of aryl methyl sites for hydroxylation is 1. The standard InChI is InChI=1S/C18H14Br2N2O3/c1-10-2-4-11(5-3-10)9-22-17(24)15(21-18(22)25)8-12-6-13(19)16(23)14(20)7-12/h2-8,23H,9H2,1H3,(H,21,25)/b15-8+. The quantitative estimate of drug-likeness (QED) is 0.523. The van der Waals surface area contributed by atoms with Gasteiger partial charge in [0.15, 0.2) is 0 Å². The predicted octanol–water partition coefficient (Wildman–Crippen LogP) is 4.32. The van der Waals surface area contributed by atoms with Crippen LogP contribution in [0.2, 0.25) is 0 Å². The Labute approximate surface area is 161 Å². The molecule has 0 radical (unpaired) electrons. The van der Waals surface area contributed by atoms with Crippen LogP contribution in [-0.4, -0.2) is 21.9 Å². The molecule has 3 rings (SSSR count). The fraction of sp³-hybridized carbons (Fsp3) is 0.111. The van der Waals surface area contributed by atoms with Crippen LogP contribution < -0.4 is 5.32 Å². The van der Waals surface area contributed by atoms with Crippen LogP contribution >= 0.6 is 31.9 Å². The molecule has 0 saturated carbocycles. The van der Waals surface area contributed by atoms with Crippen molar-refractivity contribution in [1.29, 1.82) is 0 Å². The summed E-state index contributed by atoms with van der Waals surface area (Å²) < 4.78 is 0.976. The number of phenolic OH excluding ortho intramolecular Hbond substituents is 1. The number of carbonyl (C=O) groups excluding carboxylic acids is 2. The summed E-state index contributed by atoms with van der Waals surface area (Å²) in [7, 11) is 0. The van der Waals surface area contributed by atoms with Gasteiger partial charge >= 0.3 is 6.03 Å². The number of imide groups is 1. The molecule has 2 N–H and O–H groups in total. The summed E-state index contributed by atoms with van der Waals surface area (Å²) in [5, 5.41) is 12.3. The summed E-state index contributed by atoms with van der Waals surface area (Å²) in [4.78, 5) is 25.8. The molecule has 5 nitrogen and oxygen atoms in total. The number of nitrogens with one attached hydrogen (secondary N) is 1. The molecule has 1 fully saturated rings. The lowest BCUT2D eigenvalue weighted by Crippen LogP contribution is -2.30. The van der Waals surface area contributed by atoms with Crippen LogP contribution in [0, 0.1) is 6.92 Å². The minimum absolute atomic E-state index is 0.0740. The van der Waals surface area contributed by atoms with E-state index < -0.39 is 6.03 Å². The summed E-state index contributed by atoms with van der Waals surface area (Å²) in [6.45, 7) is 2.19. The van der Waals surface area contributed by atoms with E-state index in [9.17, 15) is 14.7 Å². The number of amides is 3. The van der Waals surface area contributed by atoms with E-state index in [0.29, 0.717) is 14.5 Å². The third-order valence-corrected chi connectivity index (χ3v) is 4.98. The number of urea groups is 1. The fourth-order valence-corrected chi connectivity index (χ4v) is 3.65. The van der Waals surface area contributed by atoms with Gasteiger partial charge < -0.3 is 10.4 Å². The molecular weight excluding hydrogens is 452 g/mol. The first-order valence-corrected chi connectivity index (χ1v) is 9.02. The number of hydrogen-bond acceptors (Lipinski definition) is 3. The first-order chi connectivity index (χ1) is 11.8. The highest BCUT2D eigenvalue weighted by Gasteiger charge is 2.33. The van der Waals surface area contributed by atoms with E-state index in [0.717, 1.165) is 11.1 Å². The summed E-state index contributed by atoms with van der Waals surface area (Å²) in [5.41, 5.74) is 2.86. The van der Waals surface area contributed by atoms with E-state index in [4.69, 9.17) is 0 Å². The summed E-state index contributed by atoms with van der Waals surface area (Å²) in [6.07, 6.45) is 1.57. The van der Waals surface area contributed by atoms with Gasteiger partial charge in [-0.25, -0.2) is 4.79 Å². The molecule has 1 aliphatic heterocycles. The molecule has 0 aromatic heterocycles. The van der Waals surface area contributed by atoms with Crippen LogP contribution in [0.3, 0.4) is 0 Å². The Morgan fingerprint density at radius 1 is 1.12 bits per heavy atom. The third kappa shape index (κ3) is 3.77. The minimum Gasteiger partial charge on any atom is -0.506 e. The third-order valence-electron chi connectivity index (χ3n) is 3.77. The second kappa shape index (κ2) is 7.01. The Hall–Kier alpha value is -2.12. The number of nitrogens with zero attached hydrogens (tertiary/aromatic N) is 1. The molecule has 2 aromatic carbocycles. The Bertz CT molecular complexity index is 869. The van der Waals surface area contributed by atoms with E-state index in [1.165, 1.54) is 4.90 Å². The lowest BCUT2D eigenvalue weighted by atomic mass is 10.1. The van der Waals surface area contributed by atoms with Crippen molar-refractivity contribution < 1.29 is 14.7 Å². The molecule has 25 heavy (non-hydrogen) atoms.